The van der Waals surface area contributed by atoms with Gasteiger partial charge in [-0.15, -0.1) is 0 Å². The van der Waals surface area contributed by atoms with Gasteiger partial charge in [0, 0.05) is 0 Å². The van der Waals surface area contributed by atoms with Crippen LogP contribution >= 0.6 is 0 Å². The van der Waals surface area contributed by atoms with E-state index in [1.807, 2.05) is 13.0 Å². The third-order valence-electron chi connectivity index (χ3n) is 2.09. The van der Waals surface area contributed by atoms with E-state index in [0.717, 1.165) is 5.56 Å². The van der Waals surface area contributed by atoms with Crippen molar-refractivity contribution in [2.24, 2.45) is 0 Å². The van der Waals surface area contributed by atoms with Crippen LogP contribution in [0.2, 0.25) is 0 Å². The van der Waals surface area contributed by atoms with Gasteiger partial charge in [-0.1, -0.05) is 36.4 Å². The van der Waals surface area contributed by atoms with Crippen LogP contribution in [0.15, 0.2) is 36.4 Å². The number of carbonyl (C=O) groups is 1. The Morgan fingerprint density at radius 1 is 1.53 bits per heavy atom. The van der Waals surface area contributed by atoms with E-state index in [2.05, 4.69) is 11.3 Å². The Balaban J connectivity index is 2.89. The molecule has 0 radical (unpaired) electrons. The molecule has 0 saturated heterocycles. The smallest absolute Gasteiger partial charge is 0.336 e. The summed E-state index contributed by atoms with van der Waals surface area (Å²) < 4.78 is 18.2. The van der Waals surface area contributed by atoms with E-state index in [1.165, 1.54) is 7.11 Å². The number of aryl methyl sites for hydroxylation is 1. The molecule has 0 aliphatic rings. The fourth-order valence-corrected chi connectivity index (χ4v) is 1.26. The third-order valence-corrected chi connectivity index (χ3v) is 2.09. The van der Waals surface area contributed by atoms with Gasteiger partial charge in [0.05, 0.1) is 12.7 Å². The molecule has 15 heavy (non-hydrogen) atoms. The van der Waals surface area contributed by atoms with Crippen LogP contribution in [0.1, 0.15) is 17.3 Å². The van der Waals surface area contributed by atoms with E-state index >= 15 is 0 Å². The number of alkyl halides is 1. The van der Waals surface area contributed by atoms with Crippen molar-refractivity contribution in [3.63, 3.8) is 0 Å². The maximum absolute atomic E-state index is 13.7. The minimum atomic E-state index is -1.50. The predicted molar refractivity (Wildman–Crippen MR) is 56.2 cm³/mol. The number of carbonyl (C=O) groups excluding carboxylic acids is 1. The summed E-state index contributed by atoms with van der Waals surface area (Å²) in [5.74, 6) is -0.719. The monoisotopic (exact) mass is 208 g/mol. The van der Waals surface area contributed by atoms with Gasteiger partial charge >= 0.3 is 5.97 Å². The van der Waals surface area contributed by atoms with E-state index in [1.54, 1.807) is 18.2 Å². The van der Waals surface area contributed by atoms with Crippen LogP contribution in [-0.2, 0) is 9.53 Å². The van der Waals surface area contributed by atoms with Gasteiger partial charge in [-0.25, -0.2) is 9.18 Å². The molecule has 80 valence electrons. The third kappa shape index (κ3) is 2.65. The first-order chi connectivity index (χ1) is 7.06. The Bertz CT molecular complexity index is 385. The molecule has 1 aromatic carbocycles. The molecule has 1 rings (SSSR count). The second kappa shape index (κ2) is 4.73. The van der Waals surface area contributed by atoms with Crippen molar-refractivity contribution in [3.05, 3.63) is 47.5 Å². The Labute approximate surface area is 88.4 Å². The van der Waals surface area contributed by atoms with Gasteiger partial charge < -0.3 is 4.74 Å². The van der Waals surface area contributed by atoms with Gasteiger partial charge in [-0.05, 0) is 12.5 Å². The fourth-order valence-electron chi connectivity index (χ4n) is 1.26. The van der Waals surface area contributed by atoms with Crippen molar-refractivity contribution in [2.45, 2.75) is 13.1 Å². The molecule has 1 aromatic rings. The van der Waals surface area contributed by atoms with Crippen LogP contribution < -0.4 is 0 Å². The zero-order chi connectivity index (χ0) is 11.4. The maximum atomic E-state index is 13.7. The zero-order valence-electron chi connectivity index (χ0n) is 8.79. The van der Waals surface area contributed by atoms with Gasteiger partial charge in [-0.3, -0.25) is 0 Å². The van der Waals surface area contributed by atoms with Crippen molar-refractivity contribution < 1.29 is 13.9 Å². The van der Waals surface area contributed by atoms with Crippen LogP contribution in [0.3, 0.4) is 0 Å². The van der Waals surface area contributed by atoms with Crippen molar-refractivity contribution in [1.29, 1.82) is 0 Å². The van der Waals surface area contributed by atoms with Crippen molar-refractivity contribution in [2.75, 3.05) is 7.11 Å². The minimum Gasteiger partial charge on any atom is -0.466 e. The lowest BCUT2D eigenvalue weighted by Crippen LogP contribution is -2.09. The van der Waals surface area contributed by atoms with Crippen molar-refractivity contribution in [3.8, 4) is 0 Å². The summed E-state index contributed by atoms with van der Waals surface area (Å²) in [7, 11) is 1.20. The molecule has 0 spiro atoms. The lowest BCUT2D eigenvalue weighted by Gasteiger charge is -2.10. The van der Waals surface area contributed by atoms with E-state index in [-0.39, 0.29) is 5.57 Å². The average Bonchev–Trinajstić information content (AvgIpc) is 2.26. The lowest BCUT2D eigenvalue weighted by atomic mass is 10.0. The SMILES string of the molecule is C=C(C(=O)OC)[C@@H](F)c1cccc(C)c1. The second-order valence-electron chi connectivity index (χ2n) is 3.29. The first kappa shape index (κ1) is 11.4. The molecule has 0 saturated carbocycles. The predicted octanol–water partition coefficient (Wildman–Crippen LogP) is 2.73. The summed E-state index contributed by atoms with van der Waals surface area (Å²) >= 11 is 0. The molecule has 0 aliphatic heterocycles. The van der Waals surface area contributed by atoms with Crippen LogP contribution in [0.5, 0.6) is 0 Å². The summed E-state index contributed by atoms with van der Waals surface area (Å²) in [6.45, 7) is 5.24. The first-order valence-corrected chi connectivity index (χ1v) is 4.54. The van der Waals surface area contributed by atoms with Crippen LogP contribution in [0.25, 0.3) is 0 Å². The topological polar surface area (TPSA) is 26.3 Å². The molecule has 0 unspecified atom stereocenters. The highest BCUT2D eigenvalue weighted by molar-refractivity contribution is 5.89. The number of ether oxygens (including phenoxy) is 1. The molecular weight excluding hydrogens is 195 g/mol. The molecule has 0 bridgehead atoms. The normalized spacial score (nSPS) is 11.9. The summed E-state index contributed by atoms with van der Waals surface area (Å²) in [6, 6.07) is 6.89. The van der Waals surface area contributed by atoms with E-state index in [9.17, 15) is 9.18 Å². The molecule has 0 fully saturated rings. The summed E-state index contributed by atoms with van der Waals surface area (Å²) in [5, 5.41) is 0. The standard InChI is InChI=1S/C12H13FO2/c1-8-5-4-6-10(7-8)11(13)9(2)12(14)15-3/h4-7,11H,2H2,1,3H3/t11-/m1/s1. The molecule has 0 amide bonds. The van der Waals surface area contributed by atoms with Crippen molar-refractivity contribution in [1.82, 2.24) is 0 Å². The Kier molecular flexibility index (Phi) is 3.61. The summed E-state index contributed by atoms with van der Waals surface area (Å²) in [4.78, 5) is 11.0. The number of esters is 1. The molecule has 2 nitrogen and oxygen atoms in total. The molecule has 1 atom stereocenters. The van der Waals surface area contributed by atoms with E-state index < -0.39 is 12.1 Å². The van der Waals surface area contributed by atoms with Crippen molar-refractivity contribution >= 4 is 5.97 Å². The molecule has 0 heterocycles. The van der Waals surface area contributed by atoms with Gasteiger partial charge in [-0.2, -0.15) is 0 Å². The lowest BCUT2D eigenvalue weighted by molar-refractivity contribution is -0.136. The molecule has 0 N–H and O–H groups in total. The Morgan fingerprint density at radius 2 is 2.20 bits per heavy atom. The van der Waals surface area contributed by atoms with E-state index in [0.29, 0.717) is 5.56 Å². The van der Waals surface area contributed by atoms with Gasteiger partial charge in [0.15, 0.2) is 6.17 Å². The fraction of sp³-hybridized carbons (Fsp3) is 0.250. The number of halogens is 1. The largest absolute Gasteiger partial charge is 0.466 e. The number of rotatable bonds is 3. The van der Waals surface area contributed by atoms with Crippen LogP contribution in [0.4, 0.5) is 4.39 Å². The van der Waals surface area contributed by atoms with Gasteiger partial charge in [0.25, 0.3) is 0 Å². The summed E-state index contributed by atoms with van der Waals surface area (Å²) in [5.41, 5.74) is 1.18. The maximum Gasteiger partial charge on any atom is 0.336 e. The number of hydrogen-bond acceptors (Lipinski definition) is 2. The van der Waals surface area contributed by atoms with E-state index in [4.69, 9.17) is 0 Å². The molecule has 0 aromatic heterocycles. The highest BCUT2D eigenvalue weighted by Crippen LogP contribution is 2.25. The van der Waals surface area contributed by atoms with Crippen LogP contribution in [0, 0.1) is 6.92 Å². The highest BCUT2D eigenvalue weighted by Gasteiger charge is 2.20. The minimum absolute atomic E-state index is 0.178. The Morgan fingerprint density at radius 3 is 2.73 bits per heavy atom. The molecule has 3 heteroatoms. The Hall–Kier alpha value is -1.64. The number of benzene rings is 1. The van der Waals surface area contributed by atoms with Crippen LogP contribution in [-0.4, -0.2) is 13.1 Å². The quantitative estimate of drug-likeness (QED) is 0.564. The summed E-state index contributed by atoms with van der Waals surface area (Å²) in [6.07, 6.45) is -1.50. The molecule has 0 aliphatic carbocycles. The zero-order valence-corrected chi connectivity index (χ0v) is 8.79. The highest BCUT2D eigenvalue weighted by atomic mass is 19.1. The second-order valence-corrected chi connectivity index (χ2v) is 3.29. The molecular formula is C12H13FO2. The number of hydrogen-bond donors (Lipinski definition) is 0. The average molecular weight is 208 g/mol. The first-order valence-electron chi connectivity index (χ1n) is 4.54. The van der Waals surface area contributed by atoms with Gasteiger partial charge in [0.2, 0.25) is 0 Å². The van der Waals surface area contributed by atoms with Gasteiger partial charge in [0.1, 0.15) is 0 Å². The number of methoxy groups -OCH3 is 1.